The number of rotatable bonds is 4. The van der Waals surface area contributed by atoms with Gasteiger partial charge in [0.15, 0.2) is 0 Å². The second kappa shape index (κ2) is 6.03. The number of benzene rings is 1. The van der Waals surface area contributed by atoms with Crippen molar-refractivity contribution >= 4 is 17.5 Å². The fourth-order valence-corrected chi connectivity index (χ4v) is 2.21. The van der Waals surface area contributed by atoms with Gasteiger partial charge in [0.25, 0.3) is 0 Å². The number of halogens is 1. The molecule has 2 unspecified atom stereocenters. The number of hydrogen-bond acceptors (Lipinski definition) is 3. The zero-order chi connectivity index (χ0) is 14.7. The summed E-state index contributed by atoms with van der Waals surface area (Å²) in [6, 6.07) is 4.46. The van der Waals surface area contributed by atoms with Crippen LogP contribution in [0, 0.1) is 5.82 Å². The highest BCUT2D eigenvalue weighted by molar-refractivity contribution is 6.01. The molecule has 2 atom stereocenters. The number of imide groups is 1. The van der Waals surface area contributed by atoms with Crippen molar-refractivity contribution in [2.45, 2.75) is 45.1 Å². The van der Waals surface area contributed by atoms with Gasteiger partial charge in [0, 0.05) is 6.42 Å². The summed E-state index contributed by atoms with van der Waals surface area (Å²) >= 11 is 0. The Kier molecular flexibility index (Phi) is 4.37. The van der Waals surface area contributed by atoms with Gasteiger partial charge in [-0.1, -0.05) is 19.9 Å². The molecule has 0 radical (unpaired) electrons. The molecule has 1 aromatic carbocycles. The van der Waals surface area contributed by atoms with Crippen molar-refractivity contribution in [3.05, 3.63) is 29.6 Å². The van der Waals surface area contributed by atoms with Crippen LogP contribution in [0.15, 0.2) is 18.2 Å². The molecule has 1 fully saturated rings. The van der Waals surface area contributed by atoms with Crippen molar-refractivity contribution in [3.8, 4) is 0 Å². The smallest absolute Gasteiger partial charge is 0.249 e. The largest absolute Gasteiger partial charge is 0.371 e. The first-order valence-corrected chi connectivity index (χ1v) is 6.91. The van der Waals surface area contributed by atoms with Crippen LogP contribution in [0.3, 0.4) is 0 Å². The van der Waals surface area contributed by atoms with E-state index >= 15 is 0 Å². The molecule has 0 bridgehead atoms. The van der Waals surface area contributed by atoms with E-state index in [-0.39, 0.29) is 18.1 Å². The minimum atomic E-state index is -0.559. The first-order chi connectivity index (χ1) is 9.51. The van der Waals surface area contributed by atoms with E-state index in [9.17, 15) is 14.0 Å². The molecule has 0 aromatic heterocycles. The molecule has 2 N–H and O–H groups in total. The maximum atomic E-state index is 14.0. The molecule has 1 aromatic rings. The Hall–Kier alpha value is -1.91. The summed E-state index contributed by atoms with van der Waals surface area (Å²) in [4.78, 5) is 22.7. The van der Waals surface area contributed by atoms with Gasteiger partial charge in [-0.25, -0.2) is 4.39 Å². The minimum Gasteiger partial charge on any atom is -0.371 e. The highest BCUT2D eigenvalue weighted by Crippen LogP contribution is 2.24. The van der Waals surface area contributed by atoms with E-state index in [1.807, 2.05) is 13.0 Å². The number of carbonyl (C=O) groups is 2. The zero-order valence-corrected chi connectivity index (χ0v) is 11.7. The van der Waals surface area contributed by atoms with E-state index < -0.39 is 11.9 Å². The molecule has 108 valence electrons. The molecule has 1 heterocycles. The fraction of sp³-hybridized carbons (Fsp3) is 0.467. The Labute approximate surface area is 117 Å². The standard InChI is InChI=1S/C15H19FN2O2/c1-3-9(2)10-4-5-12(11(16)8-10)17-13-6-7-14(19)18-15(13)20/h4-5,8-9,13,17H,3,6-7H2,1-2H3,(H,18,19,20). The molecule has 2 amide bonds. The number of amides is 2. The summed E-state index contributed by atoms with van der Waals surface area (Å²) in [5, 5.41) is 5.11. The van der Waals surface area contributed by atoms with Crippen LogP contribution < -0.4 is 10.6 Å². The van der Waals surface area contributed by atoms with Gasteiger partial charge in [-0.3, -0.25) is 14.9 Å². The van der Waals surface area contributed by atoms with Crippen LogP contribution in [-0.4, -0.2) is 17.9 Å². The lowest BCUT2D eigenvalue weighted by Gasteiger charge is -2.23. The van der Waals surface area contributed by atoms with E-state index in [1.54, 1.807) is 6.07 Å². The third kappa shape index (κ3) is 3.15. The fourth-order valence-electron chi connectivity index (χ4n) is 2.21. The maximum absolute atomic E-state index is 14.0. The van der Waals surface area contributed by atoms with Gasteiger partial charge < -0.3 is 5.32 Å². The van der Waals surface area contributed by atoms with Crippen molar-refractivity contribution in [3.63, 3.8) is 0 Å². The van der Waals surface area contributed by atoms with E-state index in [0.717, 1.165) is 12.0 Å². The SMILES string of the molecule is CCC(C)c1ccc(NC2CCC(=O)NC2=O)c(F)c1. The van der Waals surface area contributed by atoms with Crippen LogP contribution in [-0.2, 0) is 9.59 Å². The highest BCUT2D eigenvalue weighted by Gasteiger charge is 2.26. The summed E-state index contributed by atoms with van der Waals surface area (Å²) in [6.45, 7) is 4.10. The van der Waals surface area contributed by atoms with Crippen molar-refractivity contribution in [2.75, 3.05) is 5.32 Å². The first kappa shape index (κ1) is 14.5. The van der Waals surface area contributed by atoms with Gasteiger partial charge >= 0.3 is 0 Å². The molecule has 0 aliphatic carbocycles. The predicted octanol–water partition coefficient (Wildman–Crippen LogP) is 2.56. The topological polar surface area (TPSA) is 58.2 Å². The molecule has 1 saturated heterocycles. The number of nitrogens with one attached hydrogen (secondary N) is 2. The van der Waals surface area contributed by atoms with E-state index in [4.69, 9.17) is 0 Å². The van der Waals surface area contributed by atoms with Gasteiger partial charge in [-0.2, -0.15) is 0 Å². The zero-order valence-electron chi connectivity index (χ0n) is 11.7. The van der Waals surface area contributed by atoms with Crippen LogP contribution in [0.1, 0.15) is 44.6 Å². The molecular weight excluding hydrogens is 259 g/mol. The molecule has 20 heavy (non-hydrogen) atoms. The van der Waals surface area contributed by atoms with E-state index in [2.05, 4.69) is 17.6 Å². The van der Waals surface area contributed by atoms with Crippen molar-refractivity contribution in [1.82, 2.24) is 5.32 Å². The second-order valence-electron chi connectivity index (χ2n) is 5.20. The second-order valence-corrected chi connectivity index (χ2v) is 5.20. The third-order valence-corrected chi connectivity index (χ3v) is 3.74. The molecule has 5 heteroatoms. The number of carbonyl (C=O) groups excluding carboxylic acids is 2. The van der Waals surface area contributed by atoms with Crippen LogP contribution in [0.25, 0.3) is 0 Å². The number of piperidine rings is 1. The van der Waals surface area contributed by atoms with Crippen LogP contribution in [0.2, 0.25) is 0 Å². The average molecular weight is 278 g/mol. The Bertz CT molecular complexity index is 531. The van der Waals surface area contributed by atoms with Gasteiger partial charge in [0.05, 0.1) is 5.69 Å². The van der Waals surface area contributed by atoms with Crippen molar-refractivity contribution < 1.29 is 14.0 Å². The highest BCUT2D eigenvalue weighted by atomic mass is 19.1. The Balaban J connectivity index is 2.10. The first-order valence-electron chi connectivity index (χ1n) is 6.91. The van der Waals surface area contributed by atoms with Crippen LogP contribution in [0.5, 0.6) is 0 Å². The summed E-state index contributed by atoms with van der Waals surface area (Å²) in [6.07, 6.45) is 1.60. The predicted molar refractivity (Wildman–Crippen MR) is 74.9 cm³/mol. The van der Waals surface area contributed by atoms with Crippen LogP contribution in [0.4, 0.5) is 10.1 Å². The van der Waals surface area contributed by atoms with Gasteiger partial charge in [0.1, 0.15) is 11.9 Å². The maximum Gasteiger partial charge on any atom is 0.249 e. The summed E-state index contributed by atoms with van der Waals surface area (Å²) < 4.78 is 14.0. The van der Waals surface area contributed by atoms with Crippen LogP contribution >= 0.6 is 0 Å². The summed E-state index contributed by atoms with van der Waals surface area (Å²) in [7, 11) is 0. The third-order valence-electron chi connectivity index (χ3n) is 3.74. The Morgan fingerprint density at radius 1 is 1.45 bits per heavy atom. The van der Waals surface area contributed by atoms with Gasteiger partial charge in [0.2, 0.25) is 11.8 Å². The van der Waals surface area contributed by atoms with Crippen molar-refractivity contribution in [1.29, 1.82) is 0 Å². The molecule has 0 saturated carbocycles. The molecular formula is C15H19FN2O2. The minimum absolute atomic E-state index is 0.274. The number of anilines is 1. The van der Waals surface area contributed by atoms with E-state index in [1.165, 1.54) is 6.07 Å². The molecule has 0 spiro atoms. The lowest BCUT2D eigenvalue weighted by atomic mass is 9.98. The molecule has 1 aliphatic rings. The number of hydrogen-bond donors (Lipinski definition) is 2. The molecule has 2 rings (SSSR count). The molecule has 1 aliphatic heterocycles. The van der Waals surface area contributed by atoms with Gasteiger partial charge in [-0.15, -0.1) is 0 Å². The quantitative estimate of drug-likeness (QED) is 0.832. The Morgan fingerprint density at radius 3 is 2.80 bits per heavy atom. The summed E-state index contributed by atoms with van der Waals surface area (Å²) in [5.74, 6) is -0.742. The van der Waals surface area contributed by atoms with Crippen molar-refractivity contribution in [2.24, 2.45) is 0 Å². The molecule has 4 nitrogen and oxygen atoms in total. The normalized spacial score (nSPS) is 20.4. The Morgan fingerprint density at radius 2 is 2.20 bits per heavy atom. The van der Waals surface area contributed by atoms with Gasteiger partial charge in [-0.05, 0) is 36.5 Å². The summed E-state index contributed by atoms with van der Waals surface area (Å²) in [5.41, 5.74) is 1.24. The monoisotopic (exact) mass is 278 g/mol. The van der Waals surface area contributed by atoms with E-state index in [0.29, 0.717) is 18.0 Å². The average Bonchev–Trinajstić information content (AvgIpc) is 2.42. The lowest BCUT2D eigenvalue weighted by Crippen LogP contribution is -2.47. The lowest BCUT2D eigenvalue weighted by molar-refractivity contribution is -0.133.